The van der Waals surface area contributed by atoms with Crippen LogP contribution in [0.2, 0.25) is 0 Å². The van der Waals surface area contributed by atoms with Crippen LogP contribution in [0.4, 0.5) is 0 Å². The summed E-state index contributed by atoms with van der Waals surface area (Å²) in [4.78, 5) is 4.67. The zero-order valence-corrected chi connectivity index (χ0v) is 19.1. The number of aliphatic imine (C=N–C) groups is 1. The molecule has 2 aromatic rings. The van der Waals surface area contributed by atoms with E-state index < -0.39 is 5.60 Å². The standard InChI is InChI=1S/C21H31N5O.HI/c1-3-22-20(23-16-21(27)11-5-4-6-12-21)25-17(2)18-9-7-10-19(15-18)26-14-8-13-24-26;/h7-10,13-15,17,27H,3-6,11-12,16H2,1-2H3,(H2,22,23,25);1H. The van der Waals surface area contributed by atoms with Crippen LogP contribution in [0.3, 0.4) is 0 Å². The van der Waals surface area contributed by atoms with Crippen molar-refractivity contribution in [1.82, 2.24) is 20.4 Å². The Labute approximate surface area is 184 Å². The van der Waals surface area contributed by atoms with Gasteiger partial charge in [0.05, 0.1) is 23.9 Å². The molecule has 0 amide bonds. The van der Waals surface area contributed by atoms with Gasteiger partial charge in [-0.2, -0.15) is 5.10 Å². The minimum atomic E-state index is -0.649. The molecular weight excluding hydrogens is 465 g/mol. The number of hydrogen-bond acceptors (Lipinski definition) is 3. The van der Waals surface area contributed by atoms with Crippen molar-refractivity contribution in [2.75, 3.05) is 13.1 Å². The van der Waals surface area contributed by atoms with E-state index in [-0.39, 0.29) is 30.0 Å². The molecule has 1 aromatic carbocycles. The van der Waals surface area contributed by atoms with Gasteiger partial charge in [-0.25, -0.2) is 4.68 Å². The van der Waals surface area contributed by atoms with Crippen molar-refractivity contribution < 1.29 is 5.11 Å². The fraction of sp³-hybridized carbons (Fsp3) is 0.524. The second-order valence-corrected chi connectivity index (χ2v) is 7.39. The lowest BCUT2D eigenvalue weighted by Gasteiger charge is -2.30. The topological polar surface area (TPSA) is 74.5 Å². The molecule has 0 saturated heterocycles. The monoisotopic (exact) mass is 497 g/mol. The molecule has 154 valence electrons. The van der Waals surface area contributed by atoms with Crippen LogP contribution in [0.25, 0.3) is 5.69 Å². The quantitative estimate of drug-likeness (QED) is 0.323. The van der Waals surface area contributed by atoms with Gasteiger partial charge in [0.15, 0.2) is 5.96 Å². The van der Waals surface area contributed by atoms with Gasteiger partial charge in [-0.1, -0.05) is 31.4 Å². The average molecular weight is 497 g/mol. The molecule has 3 N–H and O–H groups in total. The molecule has 1 atom stereocenters. The van der Waals surface area contributed by atoms with E-state index in [1.165, 1.54) is 6.42 Å². The molecule has 1 fully saturated rings. The first kappa shape index (κ1) is 22.7. The Morgan fingerprint density at radius 2 is 2.07 bits per heavy atom. The molecule has 0 aliphatic heterocycles. The summed E-state index contributed by atoms with van der Waals surface area (Å²) in [6, 6.07) is 10.3. The summed E-state index contributed by atoms with van der Waals surface area (Å²) >= 11 is 0. The van der Waals surface area contributed by atoms with Crippen LogP contribution >= 0.6 is 24.0 Å². The Balaban J connectivity index is 0.00000280. The van der Waals surface area contributed by atoms with Crippen molar-refractivity contribution in [1.29, 1.82) is 0 Å². The third kappa shape index (κ3) is 6.20. The number of rotatable bonds is 6. The van der Waals surface area contributed by atoms with E-state index in [2.05, 4.69) is 46.7 Å². The highest BCUT2D eigenvalue weighted by Crippen LogP contribution is 2.28. The van der Waals surface area contributed by atoms with E-state index in [4.69, 9.17) is 0 Å². The van der Waals surface area contributed by atoms with Crippen molar-refractivity contribution >= 4 is 29.9 Å². The summed E-state index contributed by atoms with van der Waals surface area (Å²) in [6.45, 7) is 5.40. The summed E-state index contributed by atoms with van der Waals surface area (Å²) < 4.78 is 1.86. The molecule has 1 aromatic heterocycles. The highest BCUT2D eigenvalue weighted by Gasteiger charge is 2.28. The number of guanidine groups is 1. The lowest BCUT2D eigenvalue weighted by Crippen LogP contribution is -2.41. The number of halogens is 1. The number of hydrogen-bond donors (Lipinski definition) is 3. The summed E-state index contributed by atoms with van der Waals surface area (Å²) in [5.41, 5.74) is 1.54. The maximum absolute atomic E-state index is 10.7. The van der Waals surface area contributed by atoms with Gasteiger partial charge in [0.2, 0.25) is 0 Å². The Bertz CT molecular complexity index is 741. The van der Waals surface area contributed by atoms with Crippen LogP contribution in [0, 0.1) is 0 Å². The molecule has 0 radical (unpaired) electrons. The SMILES string of the molecule is CCNC(=NCC1(O)CCCCC1)NC(C)c1cccc(-n2cccn2)c1.I. The van der Waals surface area contributed by atoms with Gasteiger partial charge in [-0.15, -0.1) is 24.0 Å². The van der Waals surface area contributed by atoms with Crippen LogP contribution in [-0.2, 0) is 0 Å². The molecule has 3 rings (SSSR count). The smallest absolute Gasteiger partial charge is 0.191 e. The molecule has 1 unspecified atom stereocenters. The summed E-state index contributed by atoms with van der Waals surface area (Å²) in [5.74, 6) is 0.744. The second-order valence-electron chi connectivity index (χ2n) is 7.39. The molecule has 0 spiro atoms. The van der Waals surface area contributed by atoms with Crippen molar-refractivity contribution in [3.63, 3.8) is 0 Å². The fourth-order valence-corrected chi connectivity index (χ4v) is 3.56. The fourth-order valence-electron chi connectivity index (χ4n) is 3.56. The minimum absolute atomic E-state index is 0. The van der Waals surface area contributed by atoms with Crippen LogP contribution in [0.5, 0.6) is 0 Å². The molecule has 28 heavy (non-hydrogen) atoms. The van der Waals surface area contributed by atoms with Gasteiger partial charge in [-0.05, 0) is 50.5 Å². The molecule has 1 saturated carbocycles. The van der Waals surface area contributed by atoms with Gasteiger partial charge in [0.1, 0.15) is 0 Å². The van der Waals surface area contributed by atoms with E-state index >= 15 is 0 Å². The third-order valence-electron chi connectivity index (χ3n) is 5.15. The summed E-state index contributed by atoms with van der Waals surface area (Å²) in [7, 11) is 0. The van der Waals surface area contributed by atoms with Crippen LogP contribution in [0.15, 0.2) is 47.7 Å². The second kappa shape index (κ2) is 10.8. The van der Waals surface area contributed by atoms with Gasteiger partial charge in [0.25, 0.3) is 0 Å². The first-order chi connectivity index (χ1) is 13.1. The molecule has 1 aliphatic carbocycles. The largest absolute Gasteiger partial charge is 0.388 e. The Kier molecular flexibility index (Phi) is 8.75. The number of nitrogens with zero attached hydrogens (tertiary/aromatic N) is 3. The summed E-state index contributed by atoms with van der Waals surface area (Å²) in [5, 5.41) is 21.8. The minimum Gasteiger partial charge on any atom is -0.388 e. The van der Waals surface area contributed by atoms with E-state index in [1.807, 2.05) is 29.1 Å². The lowest BCUT2D eigenvalue weighted by atomic mass is 9.85. The predicted octanol–water partition coefficient (Wildman–Crippen LogP) is 3.80. The number of benzene rings is 1. The zero-order valence-electron chi connectivity index (χ0n) is 16.8. The first-order valence-corrected chi connectivity index (χ1v) is 9.97. The Morgan fingerprint density at radius 3 is 2.75 bits per heavy atom. The van der Waals surface area contributed by atoms with Crippen molar-refractivity contribution in [3.8, 4) is 5.69 Å². The molecular formula is C21H32IN5O. The van der Waals surface area contributed by atoms with Crippen LogP contribution in [0.1, 0.15) is 57.6 Å². The van der Waals surface area contributed by atoms with Crippen molar-refractivity contribution in [2.24, 2.45) is 4.99 Å². The maximum atomic E-state index is 10.7. The van der Waals surface area contributed by atoms with Gasteiger partial charge in [0, 0.05) is 18.9 Å². The number of aliphatic hydroxyl groups is 1. The number of aromatic nitrogens is 2. The third-order valence-corrected chi connectivity index (χ3v) is 5.15. The number of nitrogens with one attached hydrogen (secondary N) is 2. The van der Waals surface area contributed by atoms with Crippen LogP contribution in [-0.4, -0.2) is 39.5 Å². The lowest BCUT2D eigenvalue weighted by molar-refractivity contribution is 0.0131. The van der Waals surface area contributed by atoms with Crippen molar-refractivity contribution in [2.45, 2.75) is 57.6 Å². The maximum Gasteiger partial charge on any atom is 0.191 e. The van der Waals surface area contributed by atoms with Gasteiger partial charge in [-0.3, -0.25) is 4.99 Å². The molecule has 1 aliphatic rings. The summed E-state index contributed by atoms with van der Waals surface area (Å²) in [6.07, 6.45) is 8.80. The molecule has 0 bridgehead atoms. The highest BCUT2D eigenvalue weighted by atomic mass is 127. The Hall–Kier alpha value is -1.61. The van der Waals surface area contributed by atoms with E-state index in [9.17, 15) is 5.11 Å². The molecule has 6 nitrogen and oxygen atoms in total. The van der Waals surface area contributed by atoms with E-state index in [1.54, 1.807) is 6.20 Å². The predicted molar refractivity (Wildman–Crippen MR) is 125 cm³/mol. The zero-order chi connectivity index (χ0) is 19.1. The Morgan fingerprint density at radius 1 is 1.29 bits per heavy atom. The first-order valence-electron chi connectivity index (χ1n) is 9.97. The normalized spacial score (nSPS) is 17.5. The van der Waals surface area contributed by atoms with Gasteiger partial charge < -0.3 is 15.7 Å². The van der Waals surface area contributed by atoms with Crippen LogP contribution < -0.4 is 10.6 Å². The average Bonchev–Trinajstić information content (AvgIpc) is 3.22. The van der Waals surface area contributed by atoms with E-state index in [0.29, 0.717) is 6.54 Å². The van der Waals surface area contributed by atoms with Gasteiger partial charge >= 0.3 is 0 Å². The molecule has 1 heterocycles. The van der Waals surface area contributed by atoms with E-state index in [0.717, 1.165) is 49.4 Å². The molecule has 7 heteroatoms. The van der Waals surface area contributed by atoms with Crippen molar-refractivity contribution in [3.05, 3.63) is 48.3 Å². The highest BCUT2D eigenvalue weighted by molar-refractivity contribution is 14.0.